The Kier molecular flexibility index (Phi) is 4.65. The first-order valence-corrected chi connectivity index (χ1v) is 10.4. The lowest BCUT2D eigenvalue weighted by molar-refractivity contribution is 1.09. The number of thioether (sulfide) groups is 1. The van der Waals surface area contributed by atoms with Gasteiger partial charge < -0.3 is 0 Å². The Labute approximate surface area is 153 Å². The van der Waals surface area contributed by atoms with E-state index in [-0.39, 0.29) is 0 Å². The van der Waals surface area contributed by atoms with E-state index < -0.39 is 0 Å². The molecule has 0 N–H and O–H groups in total. The number of hydrogen-bond acceptors (Lipinski definition) is 5. The van der Waals surface area contributed by atoms with Gasteiger partial charge in [-0.1, -0.05) is 53.7 Å². The van der Waals surface area contributed by atoms with Gasteiger partial charge in [0.1, 0.15) is 0 Å². The molecule has 0 saturated carbocycles. The van der Waals surface area contributed by atoms with Crippen LogP contribution in [0.5, 0.6) is 0 Å². The maximum atomic E-state index is 4.77. The second-order valence-corrected chi connectivity index (χ2v) is 8.83. The zero-order valence-corrected chi connectivity index (χ0v) is 15.7. The Morgan fingerprint density at radius 2 is 1.83 bits per heavy atom. The van der Waals surface area contributed by atoms with Gasteiger partial charge in [-0.15, -0.1) is 22.7 Å². The minimum absolute atomic E-state index is 0.879. The van der Waals surface area contributed by atoms with Crippen LogP contribution in [0.1, 0.15) is 21.8 Å². The number of para-hydroxylation sites is 1. The Hall–Kier alpha value is -1.69. The third-order valence-corrected chi connectivity index (χ3v) is 6.80. The number of benzene rings is 2. The molecule has 2 nitrogen and oxygen atoms in total. The predicted octanol–water partition coefficient (Wildman–Crippen LogP) is 5.94. The Morgan fingerprint density at radius 1 is 1.00 bits per heavy atom. The number of hydrogen-bond donors (Lipinski definition) is 0. The lowest BCUT2D eigenvalue weighted by Crippen LogP contribution is -1.88. The summed E-state index contributed by atoms with van der Waals surface area (Å²) in [4.78, 5) is 9.44. The van der Waals surface area contributed by atoms with Crippen molar-refractivity contribution in [3.8, 4) is 0 Å². The van der Waals surface area contributed by atoms with E-state index in [4.69, 9.17) is 4.98 Å². The van der Waals surface area contributed by atoms with Gasteiger partial charge in [0, 0.05) is 17.6 Å². The third-order valence-electron chi connectivity index (χ3n) is 3.69. The molecule has 4 rings (SSSR count). The number of thiazole rings is 2. The van der Waals surface area contributed by atoms with E-state index in [1.54, 1.807) is 34.4 Å². The molecular formula is C19H16N2S3. The van der Waals surface area contributed by atoms with Crippen molar-refractivity contribution in [2.45, 2.75) is 23.4 Å². The van der Waals surface area contributed by atoms with Crippen LogP contribution in [0.4, 0.5) is 0 Å². The Morgan fingerprint density at radius 3 is 2.67 bits per heavy atom. The van der Waals surface area contributed by atoms with Crippen LogP contribution in [0.3, 0.4) is 0 Å². The molecule has 0 saturated heterocycles. The number of rotatable bonds is 5. The van der Waals surface area contributed by atoms with Crippen LogP contribution in [-0.2, 0) is 12.2 Å². The molecule has 0 aliphatic carbocycles. The van der Waals surface area contributed by atoms with Gasteiger partial charge in [-0.2, -0.15) is 0 Å². The van der Waals surface area contributed by atoms with Crippen molar-refractivity contribution in [1.29, 1.82) is 0 Å². The van der Waals surface area contributed by atoms with E-state index in [0.29, 0.717) is 0 Å². The third kappa shape index (κ3) is 3.69. The smallest absolute Gasteiger partial charge is 0.151 e. The molecule has 4 aromatic rings. The van der Waals surface area contributed by atoms with Crippen molar-refractivity contribution >= 4 is 44.7 Å². The van der Waals surface area contributed by atoms with Crippen LogP contribution in [-0.4, -0.2) is 9.97 Å². The first-order chi connectivity index (χ1) is 11.8. The van der Waals surface area contributed by atoms with Crippen molar-refractivity contribution in [2.24, 2.45) is 0 Å². The molecule has 0 amide bonds. The molecule has 24 heavy (non-hydrogen) atoms. The zero-order valence-electron chi connectivity index (χ0n) is 13.2. The summed E-state index contributed by atoms with van der Waals surface area (Å²) in [6.45, 7) is 2.12. The molecule has 0 bridgehead atoms. The quantitative estimate of drug-likeness (QED) is 0.407. The highest BCUT2D eigenvalue weighted by molar-refractivity contribution is 8.00. The summed E-state index contributed by atoms with van der Waals surface area (Å²) >= 11 is 5.27. The first kappa shape index (κ1) is 15.8. The van der Waals surface area contributed by atoms with E-state index >= 15 is 0 Å². The molecule has 2 aromatic carbocycles. The van der Waals surface area contributed by atoms with Crippen molar-refractivity contribution < 1.29 is 0 Å². The highest BCUT2D eigenvalue weighted by Gasteiger charge is 2.07. The summed E-state index contributed by atoms with van der Waals surface area (Å²) in [6, 6.07) is 17.0. The molecule has 0 aliphatic heterocycles. The fourth-order valence-electron chi connectivity index (χ4n) is 2.43. The summed E-state index contributed by atoms with van der Waals surface area (Å²) in [5.74, 6) is 0.879. The molecule has 0 unspecified atom stereocenters. The molecule has 0 atom stereocenters. The maximum absolute atomic E-state index is 4.77. The van der Waals surface area contributed by atoms with Gasteiger partial charge in [0.15, 0.2) is 4.34 Å². The minimum Gasteiger partial charge on any atom is -0.245 e. The zero-order chi connectivity index (χ0) is 16.4. The van der Waals surface area contributed by atoms with Gasteiger partial charge in [0.05, 0.1) is 20.9 Å². The topological polar surface area (TPSA) is 25.8 Å². The van der Waals surface area contributed by atoms with Gasteiger partial charge in [0.2, 0.25) is 0 Å². The van der Waals surface area contributed by atoms with Crippen LogP contribution in [0.25, 0.3) is 10.2 Å². The highest BCUT2D eigenvalue weighted by atomic mass is 32.2. The van der Waals surface area contributed by atoms with Gasteiger partial charge in [-0.25, -0.2) is 9.97 Å². The Balaban J connectivity index is 1.40. The maximum Gasteiger partial charge on any atom is 0.151 e. The minimum atomic E-state index is 0.879. The van der Waals surface area contributed by atoms with Crippen molar-refractivity contribution in [1.82, 2.24) is 9.97 Å². The van der Waals surface area contributed by atoms with E-state index in [1.165, 1.54) is 20.8 Å². The molecule has 120 valence electrons. The molecule has 0 aliphatic rings. The van der Waals surface area contributed by atoms with Gasteiger partial charge >= 0.3 is 0 Å². The Bertz CT molecular complexity index is 921. The van der Waals surface area contributed by atoms with Crippen molar-refractivity contribution in [2.75, 3.05) is 0 Å². The number of aromatic nitrogens is 2. The van der Waals surface area contributed by atoms with Crippen LogP contribution in [0.15, 0.2) is 58.3 Å². The monoisotopic (exact) mass is 368 g/mol. The molecule has 5 heteroatoms. The van der Waals surface area contributed by atoms with Crippen molar-refractivity contribution in [3.63, 3.8) is 0 Å². The summed E-state index contributed by atoms with van der Waals surface area (Å²) in [5.41, 5.74) is 4.85. The average Bonchev–Trinajstić information content (AvgIpc) is 3.21. The summed E-state index contributed by atoms with van der Waals surface area (Å²) < 4.78 is 2.36. The number of aryl methyl sites for hydroxylation is 1. The van der Waals surface area contributed by atoms with E-state index in [1.807, 2.05) is 6.07 Å². The molecule has 0 fully saturated rings. The largest absolute Gasteiger partial charge is 0.245 e. The summed E-state index contributed by atoms with van der Waals surface area (Å²) in [7, 11) is 0. The van der Waals surface area contributed by atoms with Crippen molar-refractivity contribution in [3.05, 3.63) is 75.7 Å². The SMILES string of the molecule is Cc1ccc(Cc2nc(CSc3nc4ccccc4s3)cs2)cc1. The lowest BCUT2D eigenvalue weighted by atomic mass is 10.1. The van der Waals surface area contributed by atoms with Gasteiger partial charge in [0.25, 0.3) is 0 Å². The van der Waals surface area contributed by atoms with E-state index in [0.717, 1.165) is 27.7 Å². The number of nitrogens with zero attached hydrogens (tertiary/aromatic N) is 2. The first-order valence-electron chi connectivity index (χ1n) is 7.73. The fourth-order valence-corrected chi connectivity index (χ4v) is 5.32. The normalized spacial score (nSPS) is 11.2. The van der Waals surface area contributed by atoms with Crippen LogP contribution in [0.2, 0.25) is 0 Å². The lowest BCUT2D eigenvalue weighted by Gasteiger charge is -1.98. The molecule has 0 radical (unpaired) electrons. The second-order valence-electron chi connectivity index (χ2n) is 5.63. The van der Waals surface area contributed by atoms with E-state index in [2.05, 4.69) is 59.8 Å². The molecule has 2 aromatic heterocycles. The highest BCUT2D eigenvalue weighted by Crippen LogP contribution is 2.31. The molecule has 0 spiro atoms. The van der Waals surface area contributed by atoms with Gasteiger partial charge in [-0.3, -0.25) is 0 Å². The standard InChI is InChI=1S/C19H16N2S3/c1-13-6-8-14(9-7-13)10-18-20-15(11-22-18)12-23-19-21-16-4-2-3-5-17(16)24-19/h2-9,11H,10,12H2,1H3. The number of fused-ring (bicyclic) bond motifs is 1. The van der Waals surface area contributed by atoms with Crippen LogP contribution in [0, 0.1) is 6.92 Å². The second kappa shape index (κ2) is 7.05. The van der Waals surface area contributed by atoms with Crippen LogP contribution >= 0.6 is 34.4 Å². The summed E-state index contributed by atoms with van der Waals surface area (Å²) in [5, 5.41) is 3.35. The molecular weight excluding hydrogens is 352 g/mol. The average molecular weight is 369 g/mol. The fraction of sp³-hybridized carbons (Fsp3) is 0.158. The molecule has 2 heterocycles. The summed E-state index contributed by atoms with van der Waals surface area (Å²) in [6.07, 6.45) is 0.913. The van der Waals surface area contributed by atoms with Gasteiger partial charge in [-0.05, 0) is 24.6 Å². The van der Waals surface area contributed by atoms with E-state index in [9.17, 15) is 0 Å². The van der Waals surface area contributed by atoms with Crippen LogP contribution < -0.4 is 0 Å². The predicted molar refractivity (Wildman–Crippen MR) is 105 cm³/mol.